The minimum Gasteiger partial charge on any atom is -0.384 e. The number of hydrogen-bond donors (Lipinski definition) is 2. The fourth-order valence-corrected chi connectivity index (χ4v) is 6.76. The quantitative estimate of drug-likeness (QED) is 0.281. The highest BCUT2D eigenvalue weighted by Crippen LogP contribution is 2.30. The van der Waals surface area contributed by atoms with E-state index in [2.05, 4.69) is 34.9 Å². The molecule has 8 heterocycles. The van der Waals surface area contributed by atoms with E-state index >= 15 is 0 Å². The number of nitrogens with one attached hydrogen (secondary N) is 1. The number of carbonyl (C=O) groups excluding carboxylic acids is 1. The number of hydrogen-bond acceptors (Lipinski definition) is 16. The van der Waals surface area contributed by atoms with Crippen molar-refractivity contribution < 1.29 is 23.7 Å². The van der Waals surface area contributed by atoms with Crippen LogP contribution in [0.2, 0.25) is 0 Å². The van der Waals surface area contributed by atoms with Crippen molar-refractivity contribution >= 4 is 41.1 Å². The molecular weight excluding hydrogens is 704 g/mol. The van der Waals surface area contributed by atoms with E-state index < -0.39 is 0 Å². The summed E-state index contributed by atoms with van der Waals surface area (Å²) in [5, 5.41) is 2.72. The first kappa shape index (κ1) is 38.1. The lowest BCUT2D eigenvalue weighted by Crippen LogP contribution is -2.39. The maximum absolute atomic E-state index is 11.3. The van der Waals surface area contributed by atoms with Crippen molar-refractivity contribution in [2.45, 2.75) is 20.8 Å². The molecule has 55 heavy (non-hydrogen) atoms. The number of ether oxygens (including phenoxy) is 4. The average molecular weight is 755 g/mol. The number of anilines is 6. The van der Waals surface area contributed by atoms with Gasteiger partial charge in [0.2, 0.25) is 17.8 Å². The number of aromatic nitrogens is 6. The van der Waals surface area contributed by atoms with Crippen LogP contribution in [0.1, 0.15) is 18.1 Å². The van der Waals surface area contributed by atoms with Gasteiger partial charge in [-0.15, -0.1) is 0 Å². The number of pyridine rings is 2. The van der Waals surface area contributed by atoms with Gasteiger partial charge < -0.3 is 49.6 Å². The normalized spacial score (nSPS) is 17.7. The summed E-state index contributed by atoms with van der Waals surface area (Å²) in [6.07, 6.45) is 3.55. The fraction of sp³-hybridized carbons (Fsp3) is 0.500. The molecule has 0 unspecified atom stereocenters. The predicted molar refractivity (Wildman–Crippen MR) is 211 cm³/mol. The Morgan fingerprint density at radius 2 is 0.982 bits per heavy atom. The third-order valence-electron chi connectivity index (χ3n) is 9.76. The first-order chi connectivity index (χ1) is 26.8. The summed E-state index contributed by atoms with van der Waals surface area (Å²) in [6, 6.07) is 7.79. The van der Waals surface area contributed by atoms with Gasteiger partial charge in [-0.3, -0.25) is 4.79 Å². The number of amides is 1. The van der Waals surface area contributed by atoms with Crippen LogP contribution in [0.5, 0.6) is 0 Å². The SMILES string of the molecule is CC(=O)Nc1cc(C)c(-c2cc(N3CCOCC3)nc(N3CCOCC3)n2)cn1.Cc1cc(N)ncc1-c1cc(N2CCOCC2)nc(N2CCOCC2)n1. The number of nitrogen functional groups attached to an aromatic ring is 1. The molecule has 0 aliphatic carbocycles. The van der Waals surface area contributed by atoms with Crippen LogP contribution in [0, 0.1) is 13.8 Å². The van der Waals surface area contributed by atoms with E-state index in [1.165, 1.54) is 6.92 Å². The third-order valence-corrected chi connectivity index (χ3v) is 9.76. The highest BCUT2D eigenvalue weighted by molar-refractivity contribution is 5.88. The standard InChI is InChI=1S/C20H26N6O3.C18H24N6O2/c1-14-11-18(22-15(2)27)21-13-16(14)17-12-19(25-3-7-28-8-4-25)24-20(23-17)26-5-9-29-10-6-26;1-13-10-16(19)20-12-14(13)15-11-17(23-2-6-25-7-3-23)22-18(21-15)24-4-8-26-9-5-24/h11-13H,3-10H2,1-2H3,(H,21,22,27);10-12H,2-9H2,1H3,(H2,19,20). The van der Waals surface area contributed by atoms with Gasteiger partial charge in [0.15, 0.2) is 0 Å². The molecule has 4 aliphatic heterocycles. The zero-order valence-electron chi connectivity index (χ0n) is 31.9. The van der Waals surface area contributed by atoms with E-state index in [0.29, 0.717) is 70.4 Å². The molecule has 17 heteroatoms. The van der Waals surface area contributed by atoms with Crippen LogP contribution < -0.4 is 30.7 Å². The van der Waals surface area contributed by atoms with Gasteiger partial charge >= 0.3 is 0 Å². The molecule has 0 spiro atoms. The molecular formula is C38H50N12O5. The summed E-state index contributed by atoms with van der Waals surface area (Å²) in [7, 11) is 0. The minimum absolute atomic E-state index is 0.143. The Morgan fingerprint density at radius 3 is 1.38 bits per heavy atom. The molecule has 4 aliphatic rings. The van der Waals surface area contributed by atoms with Crippen LogP contribution in [0.15, 0.2) is 36.7 Å². The Labute approximate surface area is 321 Å². The molecule has 0 bridgehead atoms. The van der Waals surface area contributed by atoms with Crippen LogP contribution in [-0.2, 0) is 23.7 Å². The van der Waals surface area contributed by atoms with Gasteiger partial charge in [-0.1, -0.05) is 0 Å². The maximum atomic E-state index is 11.3. The Kier molecular flexibility index (Phi) is 12.4. The zero-order chi connectivity index (χ0) is 38.1. The van der Waals surface area contributed by atoms with Crippen molar-refractivity contribution in [3.05, 3.63) is 47.8 Å². The topological polar surface area (TPSA) is 182 Å². The van der Waals surface area contributed by atoms with E-state index in [-0.39, 0.29) is 5.91 Å². The van der Waals surface area contributed by atoms with Crippen LogP contribution in [0.3, 0.4) is 0 Å². The van der Waals surface area contributed by atoms with Crippen molar-refractivity contribution in [1.82, 2.24) is 29.9 Å². The van der Waals surface area contributed by atoms with E-state index in [9.17, 15) is 4.79 Å². The number of rotatable bonds is 7. The smallest absolute Gasteiger partial charge is 0.228 e. The van der Waals surface area contributed by atoms with E-state index in [1.54, 1.807) is 12.4 Å². The molecule has 17 nitrogen and oxygen atoms in total. The first-order valence-corrected chi connectivity index (χ1v) is 18.9. The Bertz CT molecular complexity index is 1850. The first-order valence-electron chi connectivity index (χ1n) is 18.9. The molecule has 292 valence electrons. The van der Waals surface area contributed by atoms with Crippen molar-refractivity contribution in [2.24, 2.45) is 0 Å². The molecule has 0 atom stereocenters. The maximum Gasteiger partial charge on any atom is 0.228 e. The highest BCUT2D eigenvalue weighted by atomic mass is 16.5. The number of carbonyl (C=O) groups is 1. The van der Waals surface area contributed by atoms with Crippen LogP contribution in [0.4, 0.5) is 35.2 Å². The third kappa shape index (κ3) is 9.72. The number of nitrogens with zero attached hydrogens (tertiary/aromatic N) is 10. The lowest BCUT2D eigenvalue weighted by atomic mass is 10.1. The molecule has 1 amide bonds. The van der Waals surface area contributed by atoms with Gasteiger partial charge in [0.1, 0.15) is 23.3 Å². The summed E-state index contributed by atoms with van der Waals surface area (Å²) >= 11 is 0. The largest absolute Gasteiger partial charge is 0.384 e. The summed E-state index contributed by atoms with van der Waals surface area (Å²) in [4.78, 5) is 48.1. The summed E-state index contributed by atoms with van der Waals surface area (Å²) in [5.74, 6) is 4.18. The number of aryl methyl sites for hydroxylation is 2. The molecule has 0 saturated carbocycles. The van der Waals surface area contributed by atoms with Crippen LogP contribution >= 0.6 is 0 Å². The molecule has 0 aromatic carbocycles. The van der Waals surface area contributed by atoms with Crippen molar-refractivity contribution in [1.29, 1.82) is 0 Å². The molecule has 0 radical (unpaired) electrons. The Morgan fingerprint density at radius 1 is 0.582 bits per heavy atom. The molecule has 4 aromatic rings. The Hall–Kier alpha value is -5.23. The monoisotopic (exact) mass is 754 g/mol. The molecule has 4 fully saturated rings. The summed E-state index contributed by atoms with van der Waals surface area (Å²) in [5.41, 5.74) is 11.4. The van der Waals surface area contributed by atoms with Gasteiger partial charge in [-0.05, 0) is 37.1 Å². The highest BCUT2D eigenvalue weighted by Gasteiger charge is 2.23. The van der Waals surface area contributed by atoms with Gasteiger partial charge in [0.25, 0.3) is 0 Å². The van der Waals surface area contributed by atoms with E-state index in [1.807, 2.05) is 38.1 Å². The number of nitrogens with two attached hydrogens (primary N) is 1. The second-order valence-electron chi connectivity index (χ2n) is 13.7. The molecule has 4 saturated heterocycles. The van der Waals surface area contributed by atoms with Crippen molar-refractivity contribution in [3.8, 4) is 22.5 Å². The molecule has 3 N–H and O–H groups in total. The van der Waals surface area contributed by atoms with Gasteiger partial charge in [0.05, 0.1) is 64.2 Å². The Balaban J connectivity index is 0.000000170. The summed E-state index contributed by atoms with van der Waals surface area (Å²) in [6.45, 7) is 17.4. The minimum atomic E-state index is -0.143. The van der Waals surface area contributed by atoms with E-state index in [0.717, 1.165) is 104 Å². The molecule has 4 aromatic heterocycles. The van der Waals surface area contributed by atoms with E-state index in [4.69, 9.17) is 44.6 Å². The lowest BCUT2D eigenvalue weighted by molar-refractivity contribution is -0.114. The van der Waals surface area contributed by atoms with Crippen LogP contribution in [-0.4, -0.2) is 141 Å². The second-order valence-corrected chi connectivity index (χ2v) is 13.7. The lowest BCUT2D eigenvalue weighted by Gasteiger charge is -2.31. The van der Waals surface area contributed by atoms with Gasteiger partial charge in [0, 0.05) is 94.9 Å². The predicted octanol–water partition coefficient (Wildman–Crippen LogP) is 2.58. The fourth-order valence-electron chi connectivity index (χ4n) is 6.76. The van der Waals surface area contributed by atoms with Gasteiger partial charge in [-0.2, -0.15) is 9.97 Å². The van der Waals surface area contributed by atoms with Crippen molar-refractivity contribution in [2.75, 3.05) is 136 Å². The van der Waals surface area contributed by atoms with Crippen LogP contribution in [0.25, 0.3) is 22.5 Å². The van der Waals surface area contributed by atoms with Crippen molar-refractivity contribution in [3.63, 3.8) is 0 Å². The second kappa shape index (κ2) is 17.9. The zero-order valence-corrected chi connectivity index (χ0v) is 31.9. The number of morpholine rings is 4. The average Bonchev–Trinajstić information content (AvgIpc) is 3.22. The summed E-state index contributed by atoms with van der Waals surface area (Å²) < 4.78 is 21.9. The molecule has 8 rings (SSSR count). The van der Waals surface area contributed by atoms with Gasteiger partial charge in [-0.25, -0.2) is 19.9 Å².